The summed E-state index contributed by atoms with van der Waals surface area (Å²) >= 11 is 0. The molecule has 10 nitrogen and oxygen atoms in total. The molecule has 0 unspecified atom stereocenters. The molecule has 2 aliphatic rings. The van der Waals surface area contributed by atoms with E-state index in [2.05, 4.69) is 5.32 Å². The Kier molecular flexibility index (Phi) is 5.40. The lowest BCUT2D eigenvalue weighted by Crippen LogP contribution is -2.21. The van der Waals surface area contributed by atoms with E-state index in [0.717, 1.165) is 0 Å². The Morgan fingerprint density at radius 3 is 2.62 bits per heavy atom. The number of ether oxygens (including phenoxy) is 5. The summed E-state index contributed by atoms with van der Waals surface area (Å²) in [7, 11) is 1.47. The second-order valence-corrected chi connectivity index (χ2v) is 7.77. The number of hydrogen-bond donors (Lipinski definition) is 2. The molecule has 1 atom stereocenters. The summed E-state index contributed by atoms with van der Waals surface area (Å²) < 4.78 is 32.2. The van der Waals surface area contributed by atoms with Crippen LogP contribution in [-0.2, 0) is 4.79 Å². The third kappa shape index (κ3) is 3.94. The van der Waals surface area contributed by atoms with Crippen LogP contribution in [0.1, 0.15) is 29.2 Å². The van der Waals surface area contributed by atoms with Crippen LogP contribution < -0.4 is 34.6 Å². The van der Waals surface area contributed by atoms with Crippen molar-refractivity contribution in [3.8, 4) is 34.5 Å². The Hall–Kier alpha value is -4.34. The van der Waals surface area contributed by atoms with Crippen molar-refractivity contribution in [3.63, 3.8) is 0 Å². The van der Waals surface area contributed by atoms with Crippen LogP contribution in [0.2, 0.25) is 0 Å². The van der Waals surface area contributed by atoms with Crippen molar-refractivity contribution in [2.75, 3.05) is 26.0 Å². The molecule has 3 heterocycles. The first kappa shape index (κ1) is 21.5. The van der Waals surface area contributed by atoms with Gasteiger partial charge in [0.05, 0.1) is 12.7 Å². The standard InChI is InChI=1S/C24H21NO9/c1-12-5-16(26)22(24(28)34-12)15(13-6-19(29-2)23-20(7-13)32-11-33-23)9-21(27)25-14-3-4-17-18(8-14)31-10-30-17/h3-8,15,26H,9-11H2,1-2H3,(H,25,27)/t15-/m1/s1. The molecule has 34 heavy (non-hydrogen) atoms. The number of rotatable bonds is 6. The normalized spacial score (nSPS) is 14.1. The molecule has 0 saturated carbocycles. The monoisotopic (exact) mass is 467 g/mol. The minimum Gasteiger partial charge on any atom is -0.507 e. The molecule has 0 radical (unpaired) electrons. The highest BCUT2D eigenvalue weighted by Gasteiger charge is 2.30. The van der Waals surface area contributed by atoms with Crippen LogP contribution in [-0.4, -0.2) is 31.7 Å². The topological polar surface area (TPSA) is 126 Å². The summed E-state index contributed by atoms with van der Waals surface area (Å²) in [6.45, 7) is 1.68. The predicted molar refractivity (Wildman–Crippen MR) is 118 cm³/mol. The maximum Gasteiger partial charge on any atom is 0.343 e. The molecule has 0 aliphatic carbocycles. The molecule has 176 valence electrons. The van der Waals surface area contributed by atoms with E-state index in [1.54, 1.807) is 37.3 Å². The number of methoxy groups -OCH3 is 1. The van der Waals surface area contributed by atoms with Gasteiger partial charge in [-0.2, -0.15) is 0 Å². The number of nitrogens with one attached hydrogen (secondary N) is 1. The van der Waals surface area contributed by atoms with Crippen molar-refractivity contribution >= 4 is 11.6 Å². The lowest BCUT2D eigenvalue weighted by atomic mass is 9.88. The first-order chi connectivity index (χ1) is 16.4. The van der Waals surface area contributed by atoms with E-state index in [-0.39, 0.29) is 37.1 Å². The fraction of sp³-hybridized carbons (Fsp3) is 0.250. The number of amides is 1. The van der Waals surface area contributed by atoms with Crippen LogP contribution in [0.25, 0.3) is 0 Å². The van der Waals surface area contributed by atoms with E-state index in [1.807, 2.05) is 0 Å². The molecule has 0 saturated heterocycles. The highest BCUT2D eigenvalue weighted by molar-refractivity contribution is 5.92. The number of aromatic hydroxyl groups is 1. The summed E-state index contributed by atoms with van der Waals surface area (Å²) in [5, 5.41) is 13.4. The summed E-state index contributed by atoms with van der Waals surface area (Å²) in [5.41, 5.74) is 0.215. The Balaban J connectivity index is 1.51. The molecular weight excluding hydrogens is 446 g/mol. The molecule has 1 amide bonds. The number of fused-ring (bicyclic) bond motifs is 2. The summed E-state index contributed by atoms with van der Waals surface area (Å²) in [6, 6.07) is 9.66. The van der Waals surface area contributed by atoms with Gasteiger partial charge >= 0.3 is 5.63 Å². The molecular formula is C24H21NO9. The molecule has 3 aromatic rings. The lowest BCUT2D eigenvalue weighted by molar-refractivity contribution is -0.116. The number of hydrogen-bond acceptors (Lipinski definition) is 9. The second kappa shape index (κ2) is 8.54. The van der Waals surface area contributed by atoms with Gasteiger partial charge in [-0.05, 0) is 36.8 Å². The summed E-state index contributed by atoms with van der Waals surface area (Å²) in [4.78, 5) is 25.8. The van der Waals surface area contributed by atoms with E-state index in [9.17, 15) is 14.7 Å². The van der Waals surface area contributed by atoms with Crippen LogP contribution in [0.5, 0.6) is 34.5 Å². The fourth-order valence-electron chi connectivity index (χ4n) is 4.04. The quantitative estimate of drug-likeness (QED) is 0.562. The third-order valence-electron chi connectivity index (χ3n) is 5.57. The van der Waals surface area contributed by atoms with Gasteiger partial charge in [0.1, 0.15) is 11.5 Å². The van der Waals surface area contributed by atoms with E-state index in [0.29, 0.717) is 40.0 Å². The molecule has 0 fully saturated rings. The van der Waals surface area contributed by atoms with E-state index in [4.69, 9.17) is 28.1 Å². The lowest BCUT2D eigenvalue weighted by Gasteiger charge is -2.19. The van der Waals surface area contributed by atoms with Gasteiger partial charge in [-0.1, -0.05) is 0 Å². The van der Waals surface area contributed by atoms with Crippen molar-refractivity contribution in [1.82, 2.24) is 0 Å². The molecule has 2 aromatic carbocycles. The first-order valence-electron chi connectivity index (χ1n) is 10.4. The minimum atomic E-state index is -0.866. The highest BCUT2D eigenvalue weighted by Crippen LogP contribution is 2.45. The number of anilines is 1. The summed E-state index contributed by atoms with van der Waals surface area (Å²) in [5.74, 6) is 1.03. The zero-order valence-electron chi connectivity index (χ0n) is 18.4. The molecule has 0 spiro atoms. The highest BCUT2D eigenvalue weighted by atomic mass is 16.7. The maximum absolute atomic E-state index is 13.1. The van der Waals surface area contributed by atoms with E-state index < -0.39 is 17.5 Å². The van der Waals surface area contributed by atoms with Crippen molar-refractivity contribution in [1.29, 1.82) is 0 Å². The van der Waals surface area contributed by atoms with Gasteiger partial charge in [-0.15, -0.1) is 0 Å². The molecule has 0 bridgehead atoms. The summed E-state index contributed by atoms with van der Waals surface area (Å²) in [6.07, 6.45) is -0.182. The van der Waals surface area contributed by atoms with Gasteiger partial charge < -0.3 is 38.5 Å². The average Bonchev–Trinajstić information content (AvgIpc) is 3.46. The van der Waals surface area contributed by atoms with Gasteiger partial charge in [0.25, 0.3) is 0 Å². The van der Waals surface area contributed by atoms with Crippen LogP contribution in [0.4, 0.5) is 5.69 Å². The van der Waals surface area contributed by atoms with Crippen LogP contribution >= 0.6 is 0 Å². The van der Waals surface area contributed by atoms with Gasteiger partial charge in [0, 0.05) is 30.2 Å². The largest absolute Gasteiger partial charge is 0.507 e. The van der Waals surface area contributed by atoms with E-state index in [1.165, 1.54) is 13.2 Å². The molecule has 10 heteroatoms. The Morgan fingerprint density at radius 1 is 1.06 bits per heavy atom. The third-order valence-corrected chi connectivity index (χ3v) is 5.57. The van der Waals surface area contributed by atoms with Crippen molar-refractivity contribution in [3.05, 3.63) is 63.7 Å². The number of carbonyl (C=O) groups is 1. The van der Waals surface area contributed by atoms with Gasteiger partial charge in [0.15, 0.2) is 23.0 Å². The first-order valence-corrected chi connectivity index (χ1v) is 10.4. The second-order valence-electron chi connectivity index (χ2n) is 7.77. The average molecular weight is 467 g/mol. The molecule has 2 N–H and O–H groups in total. The molecule has 2 aliphatic heterocycles. The maximum atomic E-state index is 13.1. The van der Waals surface area contributed by atoms with Gasteiger partial charge in [-0.25, -0.2) is 4.79 Å². The zero-order valence-corrected chi connectivity index (χ0v) is 18.4. The Morgan fingerprint density at radius 2 is 1.82 bits per heavy atom. The smallest absolute Gasteiger partial charge is 0.343 e. The number of carbonyl (C=O) groups excluding carboxylic acids is 1. The number of aryl methyl sites for hydroxylation is 1. The van der Waals surface area contributed by atoms with Crippen molar-refractivity contribution < 1.29 is 38.0 Å². The van der Waals surface area contributed by atoms with E-state index >= 15 is 0 Å². The minimum absolute atomic E-state index is 0.0162. The molecule has 1 aromatic heterocycles. The number of benzene rings is 2. The van der Waals surface area contributed by atoms with Gasteiger partial charge in [-0.3, -0.25) is 4.79 Å². The molecule has 5 rings (SSSR count). The van der Waals surface area contributed by atoms with Gasteiger partial charge in [0.2, 0.25) is 25.2 Å². The predicted octanol–water partition coefficient (Wildman–Crippen LogP) is 3.28. The van der Waals surface area contributed by atoms with Crippen LogP contribution in [0, 0.1) is 6.92 Å². The van der Waals surface area contributed by atoms with Crippen LogP contribution in [0.3, 0.4) is 0 Å². The Labute approximate surface area is 193 Å². The van der Waals surface area contributed by atoms with Crippen LogP contribution in [0.15, 0.2) is 45.6 Å². The SMILES string of the molecule is COc1cc([C@@H](CC(=O)Nc2ccc3c(c2)OCO3)c2c(O)cc(C)oc2=O)cc2c1OCO2. The zero-order chi connectivity index (χ0) is 23.8. The van der Waals surface area contributed by atoms with Crippen molar-refractivity contribution in [2.24, 2.45) is 0 Å². The Bertz CT molecular complexity index is 1330. The van der Waals surface area contributed by atoms with Crippen molar-refractivity contribution in [2.45, 2.75) is 19.3 Å². The fourth-order valence-corrected chi connectivity index (χ4v) is 4.04.